The molecule has 0 bridgehead atoms. The number of hydrogen-bond donors (Lipinski definition) is 1. The summed E-state index contributed by atoms with van der Waals surface area (Å²) in [6, 6.07) is 0. The van der Waals surface area contributed by atoms with Crippen molar-refractivity contribution in [1.82, 2.24) is 4.90 Å². The Hall–Kier alpha value is -0.610. The van der Waals surface area contributed by atoms with Crippen molar-refractivity contribution in [3.8, 4) is 0 Å². The molecule has 0 aromatic rings. The smallest absolute Gasteiger partial charge is 0.305 e. The van der Waals surface area contributed by atoms with Gasteiger partial charge in [0.15, 0.2) is 0 Å². The number of hydrogen-bond acceptors (Lipinski definition) is 3. The highest BCUT2D eigenvalue weighted by Crippen LogP contribution is 2.45. The second-order valence-electron chi connectivity index (χ2n) is 4.80. The number of morpholine rings is 1. The Kier molecular flexibility index (Phi) is 2.98. The lowest BCUT2D eigenvalue weighted by Crippen LogP contribution is -2.54. The van der Waals surface area contributed by atoms with Crippen LogP contribution in [-0.4, -0.2) is 47.8 Å². The summed E-state index contributed by atoms with van der Waals surface area (Å²) in [5.74, 6) is -0.109. The summed E-state index contributed by atoms with van der Waals surface area (Å²) in [5, 5.41) is 9.00. The van der Waals surface area contributed by atoms with E-state index in [1.165, 1.54) is 12.8 Å². The number of aliphatic carboxylic acids is 1. The fourth-order valence-electron chi connectivity index (χ4n) is 2.60. The molecule has 1 aliphatic heterocycles. The van der Waals surface area contributed by atoms with Gasteiger partial charge in [0.2, 0.25) is 0 Å². The third-order valence-electron chi connectivity index (χ3n) is 3.70. The molecule has 4 nitrogen and oxygen atoms in total. The molecule has 15 heavy (non-hydrogen) atoms. The van der Waals surface area contributed by atoms with Crippen LogP contribution in [0.5, 0.6) is 0 Å². The first-order chi connectivity index (χ1) is 7.13. The number of carboxylic acid groups (broad SMARTS) is 1. The number of carboxylic acids is 1. The fourth-order valence-corrected chi connectivity index (χ4v) is 2.60. The summed E-state index contributed by atoms with van der Waals surface area (Å²) in [6.07, 6.45) is 2.62. The van der Waals surface area contributed by atoms with Crippen LogP contribution in [0.4, 0.5) is 0 Å². The van der Waals surface area contributed by atoms with Gasteiger partial charge in [0.1, 0.15) is 0 Å². The van der Waals surface area contributed by atoms with Crippen molar-refractivity contribution >= 4 is 5.97 Å². The van der Waals surface area contributed by atoms with Crippen LogP contribution in [0, 0.1) is 5.92 Å². The van der Waals surface area contributed by atoms with Crippen molar-refractivity contribution in [2.75, 3.05) is 26.3 Å². The van der Waals surface area contributed by atoms with Crippen LogP contribution in [0.25, 0.3) is 0 Å². The predicted octanol–water partition coefficient (Wildman–Crippen LogP) is 0.962. The highest BCUT2D eigenvalue weighted by molar-refractivity contribution is 5.68. The van der Waals surface area contributed by atoms with Crippen molar-refractivity contribution in [1.29, 1.82) is 0 Å². The van der Waals surface area contributed by atoms with Gasteiger partial charge >= 0.3 is 5.97 Å². The number of nitrogens with zero attached hydrogens (tertiary/aromatic N) is 1. The Bertz CT molecular complexity index is 246. The third kappa shape index (κ3) is 2.32. The molecule has 1 saturated heterocycles. The van der Waals surface area contributed by atoms with Crippen LogP contribution < -0.4 is 0 Å². The van der Waals surface area contributed by atoms with Gasteiger partial charge in [0.05, 0.1) is 19.6 Å². The number of ether oxygens (including phenoxy) is 1. The standard InChI is InChI=1S/C11H19NO3/c1-11(8-10(13)14,9-2-3-9)12-4-6-15-7-5-12/h9H,2-8H2,1H3,(H,13,14). The molecule has 0 aromatic heterocycles. The quantitative estimate of drug-likeness (QED) is 0.755. The van der Waals surface area contributed by atoms with Crippen LogP contribution in [0.3, 0.4) is 0 Å². The summed E-state index contributed by atoms with van der Waals surface area (Å²) < 4.78 is 5.31. The van der Waals surface area contributed by atoms with Gasteiger partial charge in [-0.15, -0.1) is 0 Å². The molecule has 4 heteroatoms. The Morgan fingerprint density at radius 3 is 2.53 bits per heavy atom. The second-order valence-corrected chi connectivity index (χ2v) is 4.80. The largest absolute Gasteiger partial charge is 0.481 e. The first-order valence-corrected chi connectivity index (χ1v) is 5.67. The van der Waals surface area contributed by atoms with E-state index in [0.717, 1.165) is 26.3 Å². The average molecular weight is 213 g/mol. The Morgan fingerprint density at radius 2 is 2.07 bits per heavy atom. The lowest BCUT2D eigenvalue weighted by Gasteiger charge is -2.43. The highest BCUT2D eigenvalue weighted by Gasteiger charge is 2.47. The molecule has 1 heterocycles. The van der Waals surface area contributed by atoms with E-state index >= 15 is 0 Å². The monoisotopic (exact) mass is 213 g/mol. The van der Waals surface area contributed by atoms with Crippen LogP contribution in [0.15, 0.2) is 0 Å². The molecule has 1 N–H and O–H groups in total. The van der Waals surface area contributed by atoms with Crippen LogP contribution >= 0.6 is 0 Å². The zero-order valence-corrected chi connectivity index (χ0v) is 9.24. The van der Waals surface area contributed by atoms with E-state index in [4.69, 9.17) is 9.84 Å². The normalized spacial score (nSPS) is 27.3. The zero-order chi connectivity index (χ0) is 10.9. The van der Waals surface area contributed by atoms with Crippen molar-refractivity contribution in [2.24, 2.45) is 5.92 Å². The van der Waals surface area contributed by atoms with E-state index in [0.29, 0.717) is 5.92 Å². The molecule has 2 aliphatic rings. The molecule has 2 rings (SSSR count). The van der Waals surface area contributed by atoms with E-state index in [9.17, 15) is 4.79 Å². The summed E-state index contributed by atoms with van der Waals surface area (Å²) in [4.78, 5) is 13.2. The van der Waals surface area contributed by atoms with Crippen molar-refractivity contribution in [2.45, 2.75) is 31.7 Å². The SMILES string of the molecule is CC(CC(=O)O)(C1CC1)N1CCOCC1. The predicted molar refractivity (Wildman–Crippen MR) is 55.8 cm³/mol. The second kappa shape index (κ2) is 4.10. The Balaban J connectivity index is 2.05. The molecular formula is C11H19NO3. The molecule has 1 atom stereocenters. The van der Waals surface area contributed by atoms with Gasteiger partial charge < -0.3 is 9.84 Å². The van der Waals surface area contributed by atoms with Crippen LogP contribution in [0.1, 0.15) is 26.2 Å². The summed E-state index contributed by atoms with van der Waals surface area (Å²) >= 11 is 0. The summed E-state index contributed by atoms with van der Waals surface area (Å²) in [6.45, 7) is 5.33. The molecule has 0 amide bonds. The number of carbonyl (C=O) groups is 1. The van der Waals surface area contributed by atoms with Gasteiger partial charge in [0, 0.05) is 18.6 Å². The third-order valence-corrected chi connectivity index (χ3v) is 3.70. The number of rotatable bonds is 4. The molecular weight excluding hydrogens is 194 g/mol. The lowest BCUT2D eigenvalue weighted by molar-refractivity contribution is -0.142. The van der Waals surface area contributed by atoms with Gasteiger partial charge in [-0.1, -0.05) is 0 Å². The van der Waals surface area contributed by atoms with Crippen molar-refractivity contribution < 1.29 is 14.6 Å². The Labute approximate surface area is 90.2 Å². The molecule has 86 valence electrons. The van der Waals surface area contributed by atoms with E-state index in [1.807, 2.05) is 0 Å². The van der Waals surface area contributed by atoms with E-state index in [2.05, 4.69) is 11.8 Å². The van der Waals surface area contributed by atoms with Crippen LogP contribution in [-0.2, 0) is 9.53 Å². The first-order valence-electron chi connectivity index (χ1n) is 5.67. The van der Waals surface area contributed by atoms with Gasteiger partial charge in [-0.3, -0.25) is 9.69 Å². The maximum Gasteiger partial charge on any atom is 0.305 e. The molecule has 1 saturated carbocycles. The van der Waals surface area contributed by atoms with E-state index < -0.39 is 5.97 Å². The zero-order valence-electron chi connectivity index (χ0n) is 9.24. The van der Waals surface area contributed by atoms with Crippen molar-refractivity contribution in [3.05, 3.63) is 0 Å². The maximum atomic E-state index is 10.9. The minimum atomic E-state index is -0.684. The first kappa shape index (κ1) is 10.9. The van der Waals surface area contributed by atoms with Gasteiger partial charge in [-0.25, -0.2) is 0 Å². The molecule has 0 spiro atoms. The fraction of sp³-hybridized carbons (Fsp3) is 0.909. The highest BCUT2D eigenvalue weighted by atomic mass is 16.5. The van der Waals surface area contributed by atoms with Crippen LogP contribution in [0.2, 0.25) is 0 Å². The minimum Gasteiger partial charge on any atom is -0.481 e. The Morgan fingerprint density at radius 1 is 1.47 bits per heavy atom. The van der Waals surface area contributed by atoms with E-state index in [-0.39, 0.29) is 12.0 Å². The van der Waals surface area contributed by atoms with E-state index in [1.54, 1.807) is 0 Å². The molecule has 0 aromatic carbocycles. The van der Waals surface area contributed by atoms with Gasteiger partial charge in [-0.2, -0.15) is 0 Å². The topological polar surface area (TPSA) is 49.8 Å². The maximum absolute atomic E-state index is 10.9. The van der Waals surface area contributed by atoms with Gasteiger partial charge in [0.25, 0.3) is 0 Å². The molecule has 1 unspecified atom stereocenters. The summed E-state index contributed by atoms with van der Waals surface area (Å²) in [7, 11) is 0. The molecule has 0 radical (unpaired) electrons. The van der Waals surface area contributed by atoms with Crippen molar-refractivity contribution in [3.63, 3.8) is 0 Å². The minimum absolute atomic E-state index is 0.143. The summed E-state index contributed by atoms with van der Waals surface area (Å²) in [5.41, 5.74) is -0.143. The van der Waals surface area contributed by atoms with Gasteiger partial charge in [-0.05, 0) is 25.7 Å². The molecule has 1 aliphatic carbocycles. The average Bonchev–Trinajstić information content (AvgIpc) is 3.01. The lowest BCUT2D eigenvalue weighted by atomic mass is 9.89. The molecule has 2 fully saturated rings.